The molecule has 3 aliphatic rings. The Morgan fingerprint density at radius 3 is 2.44 bits per heavy atom. The van der Waals surface area contributed by atoms with Gasteiger partial charge in [-0.05, 0) is 87.0 Å². The first kappa shape index (κ1) is 25.4. The van der Waals surface area contributed by atoms with Crippen LogP contribution < -0.4 is 0 Å². The van der Waals surface area contributed by atoms with Crippen LogP contribution in [0.2, 0.25) is 0 Å². The van der Waals surface area contributed by atoms with Gasteiger partial charge < -0.3 is 14.5 Å². The average Bonchev–Trinajstić information content (AvgIpc) is 2.91. The third-order valence-electron chi connectivity index (χ3n) is 8.13. The molecular formula is C28H36FN3O3S. The molecule has 2 aromatic rings. The molecule has 194 valence electrons. The molecule has 2 aromatic carbocycles. The molecule has 0 radical (unpaired) electrons. The van der Waals surface area contributed by atoms with Crippen LogP contribution in [0.15, 0.2) is 53.4 Å². The van der Waals surface area contributed by atoms with Crippen molar-refractivity contribution >= 4 is 17.1 Å². The zero-order valence-corrected chi connectivity index (χ0v) is 21.9. The van der Waals surface area contributed by atoms with Crippen molar-refractivity contribution in [3.63, 3.8) is 0 Å². The molecule has 2 fully saturated rings. The van der Waals surface area contributed by atoms with E-state index in [1.54, 1.807) is 12.1 Å². The summed E-state index contributed by atoms with van der Waals surface area (Å²) in [6, 6.07) is 14.6. The van der Waals surface area contributed by atoms with Gasteiger partial charge in [0, 0.05) is 38.1 Å². The molecule has 0 aromatic heterocycles. The van der Waals surface area contributed by atoms with E-state index in [2.05, 4.69) is 33.5 Å². The molecule has 1 atom stereocenters. The summed E-state index contributed by atoms with van der Waals surface area (Å²) in [4.78, 5) is 17.1. The lowest BCUT2D eigenvalue weighted by Crippen LogP contribution is -2.53. The van der Waals surface area contributed by atoms with E-state index in [0.717, 1.165) is 65.0 Å². The van der Waals surface area contributed by atoms with Crippen molar-refractivity contribution in [2.24, 2.45) is 5.92 Å². The van der Waals surface area contributed by atoms with Crippen LogP contribution in [0.1, 0.15) is 43.7 Å². The van der Waals surface area contributed by atoms with Gasteiger partial charge in [-0.15, -0.1) is 0 Å². The van der Waals surface area contributed by atoms with Crippen LogP contribution in [-0.4, -0.2) is 70.3 Å². The van der Waals surface area contributed by atoms with Crippen molar-refractivity contribution in [1.82, 2.24) is 14.1 Å². The summed E-state index contributed by atoms with van der Waals surface area (Å²) in [5.74, 6) is 0.293. The van der Waals surface area contributed by atoms with Gasteiger partial charge in [-0.25, -0.2) is 17.7 Å². The number of halogens is 1. The van der Waals surface area contributed by atoms with Crippen LogP contribution in [0.5, 0.6) is 0 Å². The van der Waals surface area contributed by atoms with E-state index in [0.29, 0.717) is 24.0 Å². The second-order valence-corrected chi connectivity index (χ2v) is 11.9. The van der Waals surface area contributed by atoms with E-state index >= 15 is 0 Å². The Morgan fingerprint density at radius 1 is 1.06 bits per heavy atom. The molecule has 2 saturated heterocycles. The van der Waals surface area contributed by atoms with E-state index in [4.69, 9.17) is 4.74 Å². The molecule has 0 saturated carbocycles. The maximum atomic E-state index is 13.5. The highest BCUT2D eigenvalue weighted by molar-refractivity contribution is 7.82. The average molecular weight is 514 g/mol. The summed E-state index contributed by atoms with van der Waals surface area (Å²) in [5.41, 5.74) is 2.63. The fourth-order valence-corrected chi connectivity index (χ4v) is 7.42. The quantitative estimate of drug-likeness (QED) is 0.588. The monoisotopic (exact) mass is 513 g/mol. The molecule has 1 unspecified atom stereocenters. The van der Waals surface area contributed by atoms with Crippen molar-refractivity contribution in [1.29, 1.82) is 0 Å². The first-order chi connectivity index (χ1) is 17.5. The molecule has 0 bridgehead atoms. The first-order valence-electron chi connectivity index (χ1n) is 13.1. The highest BCUT2D eigenvalue weighted by atomic mass is 32.2. The van der Waals surface area contributed by atoms with Gasteiger partial charge in [-0.1, -0.05) is 24.3 Å². The van der Waals surface area contributed by atoms with E-state index in [1.807, 2.05) is 11.8 Å². The number of hydrogen-bond acceptors (Lipinski definition) is 4. The number of rotatable bonds is 5. The minimum atomic E-state index is -1.33. The Bertz CT molecular complexity index is 1080. The number of benzene rings is 2. The Balaban J connectivity index is 1.23. The molecule has 6 nitrogen and oxygen atoms in total. The van der Waals surface area contributed by atoms with Crippen LogP contribution in [0.4, 0.5) is 9.18 Å². The molecule has 3 heterocycles. The summed E-state index contributed by atoms with van der Waals surface area (Å²) in [5, 5.41) is 0. The molecular weight excluding hydrogens is 477 g/mol. The fraction of sp³-hybridized carbons (Fsp3) is 0.536. The van der Waals surface area contributed by atoms with E-state index < -0.39 is 11.0 Å². The Labute approximate surface area is 216 Å². The highest BCUT2D eigenvalue weighted by Gasteiger charge is 2.43. The minimum absolute atomic E-state index is 0.0195. The smallest absolute Gasteiger partial charge is 0.409 e. The second-order valence-electron chi connectivity index (χ2n) is 10.4. The third-order valence-corrected chi connectivity index (χ3v) is 9.54. The van der Waals surface area contributed by atoms with Crippen molar-refractivity contribution in [2.45, 2.75) is 49.5 Å². The lowest BCUT2D eigenvalue weighted by atomic mass is 9.69. The number of likely N-dealkylation sites (tertiary alicyclic amines) is 2. The summed E-state index contributed by atoms with van der Waals surface area (Å²) < 4.78 is 34.1. The van der Waals surface area contributed by atoms with E-state index in [9.17, 15) is 13.4 Å². The van der Waals surface area contributed by atoms with Crippen LogP contribution in [0.3, 0.4) is 0 Å². The minimum Gasteiger partial charge on any atom is -0.450 e. The number of piperidine rings is 2. The molecule has 8 heteroatoms. The number of hydrogen-bond donors (Lipinski definition) is 0. The van der Waals surface area contributed by atoms with Gasteiger partial charge >= 0.3 is 6.09 Å². The topological polar surface area (TPSA) is 53.1 Å². The predicted octanol–water partition coefficient (Wildman–Crippen LogP) is 4.57. The van der Waals surface area contributed by atoms with Gasteiger partial charge in [0.2, 0.25) is 0 Å². The maximum absolute atomic E-state index is 13.5. The number of carbonyl (C=O) groups is 1. The van der Waals surface area contributed by atoms with Crippen molar-refractivity contribution in [2.75, 3.05) is 45.9 Å². The first-order valence-corrected chi connectivity index (χ1v) is 14.2. The lowest BCUT2D eigenvalue weighted by Gasteiger charge is -2.48. The number of amides is 1. The summed E-state index contributed by atoms with van der Waals surface area (Å²) in [6.07, 6.45) is 3.92. The predicted molar refractivity (Wildman–Crippen MR) is 138 cm³/mol. The van der Waals surface area contributed by atoms with Crippen molar-refractivity contribution in [3.05, 3.63) is 65.5 Å². The largest absolute Gasteiger partial charge is 0.450 e. The Kier molecular flexibility index (Phi) is 7.74. The maximum Gasteiger partial charge on any atom is 0.409 e. The standard InChI is InChI=1S/C28H36FN3O3S/c1-2-35-27(33)31-15-11-22(12-16-31)19-30-17-13-28(14-18-30)21-32(20-23-5-3-4-6-26(23)28)36(34)25-9-7-24(29)8-10-25/h3-10,22H,2,11-21H2,1H3. The summed E-state index contributed by atoms with van der Waals surface area (Å²) in [7, 11) is -1.33. The van der Waals surface area contributed by atoms with E-state index in [1.165, 1.54) is 23.3 Å². The van der Waals surface area contributed by atoms with Crippen LogP contribution in [0, 0.1) is 11.7 Å². The fourth-order valence-electron chi connectivity index (χ4n) is 6.13. The highest BCUT2D eigenvalue weighted by Crippen LogP contribution is 2.43. The van der Waals surface area contributed by atoms with Gasteiger partial charge in [-0.2, -0.15) is 0 Å². The van der Waals surface area contributed by atoms with Crippen LogP contribution >= 0.6 is 0 Å². The second kappa shape index (κ2) is 11.0. The SMILES string of the molecule is CCOC(=O)N1CCC(CN2CCC3(CC2)CN(S(=O)c2ccc(F)cc2)Cc2ccccc23)CC1. The third kappa shape index (κ3) is 5.36. The van der Waals surface area contributed by atoms with Gasteiger partial charge in [0.05, 0.1) is 11.5 Å². The van der Waals surface area contributed by atoms with Gasteiger partial charge in [0.25, 0.3) is 0 Å². The molecule has 36 heavy (non-hydrogen) atoms. The van der Waals surface area contributed by atoms with Gasteiger partial charge in [0.1, 0.15) is 16.8 Å². The molecule has 3 aliphatic heterocycles. The Hall–Kier alpha value is -2.29. The summed E-state index contributed by atoms with van der Waals surface area (Å²) in [6.45, 7) is 8.32. The van der Waals surface area contributed by atoms with E-state index in [-0.39, 0.29) is 17.3 Å². The normalized spacial score (nSPS) is 21.8. The number of ether oxygens (including phenoxy) is 1. The van der Waals surface area contributed by atoms with Gasteiger partial charge in [0.15, 0.2) is 0 Å². The van der Waals surface area contributed by atoms with Crippen LogP contribution in [-0.2, 0) is 27.7 Å². The molecule has 5 rings (SSSR count). The van der Waals surface area contributed by atoms with Gasteiger partial charge in [-0.3, -0.25) is 0 Å². The number of fused-ring (bicyclic) bond motifs is 2. The number of nitrogens with zero attached hydrogens (tertiary/aromatic N) is 3. The zero-order valence-electron chi connectivity index (χ0n) is 21.0. The van der Waals surface area contributed by atoms with Crippen molar-refractivity contribution < 1.29 is 18.1 Å². The number of carbonyl (C=O) groups excluding carboxylic acids is 1. The molecule has 0 aliphatic carbocycles. The zero-order chi connectivity index (χ0) is 25.1. The lowest BCUT2D eigenvalue weighted by molar-refractivity contribution is 0.0757. The van der Waals surface area contributed by atoms with Crippen molar-refractivity contribution in [3.8, 4) is 0 Å². The molecule has 0 N–H and O–H groups in total. The molecule has 1 spiro atoms. The molecule has 1 amide bonds. The summed E-state index contributed by atoms with van der Waals surface area (Å²) >= 11 is 0. The Morgan fingerprint density at radius 2 is 1.75 bits per heavy atom. The van der Waals surface area contributed by atoms with Crippen LogP contribution in [0.25, 0.3) is 0 Å².